The summed E-state index contributed by atoms with van der Waals surface area (Å²) in [7, 11) is 0. The zero-order valence-corrected chi connectivity index (χ0v) is 10.3. The number of aromatic nitrogens is 3. The van der Waals surface area contributed by atoms with Crippen LogP contribution >= 0.6 is 0 Å². The third-order valence-electron chi connectivity index (χ3n) is 2.59. The summed E-state index contributed by atoms with van der Waals surface area (Å²) in [5.41, 5.74) is 6.78. The van der Waals surface area contributed by atoms with Crippen LogP contribution in [-0.4, -0.2) is 14.8 Å². The van der Waals surface area contributed by atoms with Crippen molar-refractivity contribution in [1.82, 2.24) is 14.8 Å². The normalized spacial score (nSPS) is 11.1. The molecule has 1 aromatic heterocycles. The Bertz CT molecular complexity index is 473. The minimum atomic E-state index is 0.423. The van der Waals surface area contributed by atoms with Crippen molar-refractivity contribution in [1.29, 1.82) is 0 Å². The standard InChI is InChI=1S/C13H18N4/c1-10(2)9-17-12(8-14)15-16-13(17)11-6-4-3-5-7-11/h3-7,10H,8-9,14H2,1-2H3. The molecule has 2 rings (SSSR count). The van der Waals surface area contributed by atoms with Crippen LogP contribution in [0.4, 0.5) is 0 Å². The van der Waals surface area contributed by atoms with Gasteiger partial charge in [-0.15, -0.1) is 10.2 Å². The van der Waals surface area contributed by atoms with E-state index in [0.717, 1.165) is 23.8 Å². The molecule has 0 radical (unpaired) electrons. The number of nitrogens with two attached hydrogens (primary N) is 1. The molecule has 90 valence electrons. The lowest BCUT2D eigenvalue weighted by molar-refractivity contribution is 0.510. The fraction of sp³-hybridized carbons (Fsp3) is 0.385. The van der Waals surface area contributed by atoms with E-state index in [2.05, 4.69) is 28.6 Å². The second kappa shape index (κ2) is 5.10. The maximum absolute atomic E-state index is 5.69. The van der Waals surface area contributed by atoms with Crippen molar-refractivity contribution in [2.75, 3.05) is 0 Å². The Labute approximate surface area is 101 Å². The van der Waals surface area contributed by atoms with E-state index in [0.29, 0.717) is 12.5 Å². The molecule has 2 N–H and O–H groups in total. The predicted molar refractivity (Wildman–Crippen MR) is 68.2 cm³/mol. The van der Waals surface area contributed by atoms with Gasteiger partial charge in [-0.3, -0.25) is 0 Å². The van der Waals surface area contributed by atoms with E-state index in [1.54, 1.807) is 0 Å². The van der Waals surface area contributed by atoms with Crippen molar-refractivity contribution in [3.8, 4) is 11.4 Å². The van der Waals surface area contributed by atoms with Gasteiger partial charge >= 0.3 is 0 Å². The van der Waals surface area contributed by atoms with Crippen LogP contribution in [0.3, 0.4) is 0 Å². The molecule has 1 heterocycles. The summed E-state index contributed by atoms with van der Waals surface area (Å²) in [5.74, 6) is 2.29. The van der Waals surface area contributed by atoms with Gasteiger partial charge in [0.25, 0.3) is 0 Å². The van der Waals surface area contributed by atoms with E-state index in [9.17, 15) is 0 Å². The molecule has 0 amide bonds. The number of nitrogens with zero attached hydrogens (tertiary/aromatic N) is 3. The summed E-state index contributed by atoms with van der Waals surface area (Å²) in [6.45, 7) is 5.67. The molecule has 0 spiro atoms. The largest absolute Gasteiger partial charge is 0.324 e. The van der Waals surface area contributed by atoms with Crippen molar-refractivity contribution in [3.63, 3.8) is 0 Å². The van der Waals surface area contributed by atoms with Crippen molar-refractivity contribution in [3.05, 3.63) is 36.2 Å². The Balaban J connectivity index is 2.44. The first kappa shape index (κ1) is 11.8. The first-order chi connectivity index (χ1) is 8.22. The van der Waals surface area contributed by atoms with Crippen molar-refractivity contribution in [2.24, 2.45) is 11.7 Å². The maximum Gasteiger partial charge on any atom is 0.164 e. The number of rotatable bonds is 4. The molecule has 0 atom stereocenters. The second-order valence-electron chi connectivity index (χ2n) is 4.51. The summed E-state index contributed by atoms with van der Waals surface area (Å²) in [4.78, 5) is 0. The predicted octanol–water partition coefficient (Wildman–Crippen LogP) is 2.06. The number of hydrogen-bond donors (Lipinski definition) is 1. The second-order valence-corrected chi connectivity index (χ2v) is 4.51. The molecular weight excluding hydrogens is 212 g/mol. The quantitative estimate of drug-likeness (QED) is 0.874. The Hall–Kier alpha value is -1.68. The van der Waals surface area contributed by atoms with E-state index in [1.165, 1.54) is 0 Å². The molecule has 0 aliphatic heterocycles. The van der Waals surface area contributed by atoms with Crippen LogP contribution in [0.2, 0.25) is 0 Å². The molecule has 0 saturated heterocycles. The van der Waals surface area contributed by atoms with Gasteiger partial charge in [0.15, 0.2) is 5.82 Å². The van der Waals surface area contributed by atoms with Gasteiger partial charge < -0.3 is 10.3 Å². The third kappa shape index (κ3) is 2.53. The van der Waals surface area contributed by atoms with Gasteiger partial charge in [0.05, 0.1) is 6.54 Å². The van der Waals surface area contributed by atoms with Crippen LogP contribution in [0.15, 0.2) is 30.3 Å². The van der Waals surface area contributed by atoms with Gasteiger partial charge in [-0.1, -0.05) is 44.2 Å². The highest BCUT2D eigenvalue weighted by molar-refractivity contribution is 5.54. The van der Waals surface area contributed by atoms with Gasteiger partial charge in [-0.25, -0.2) is 0 Å². The molecule has 1 aromatic carbocycles. The molecule has 4 heteroatoms. The molecule has 4 nitrogen and oxygen atoms in total. The Morgan fingerprint density at radius 3 is 2.47 bits per heavy atom. The SMILES string of the molecule is CC(C)Cn1c(CN)nnc1-c1ccccc1. The van der Waals surface area contributed by atoms with E-state index >= 15 is 0 Å². The molecule has 0 bridgehead atoms. The van der Waals surface area contributed by atoms with Crippen LogP contribution in [0.1, 0.15) is 19.7 Å². The molecule has 17 heavy (non-hydrogen) atoms. The van der Waals surface area contributed by atoms with Gasteiger partial charge in [0.2, 0.25) is 0 Å². The fourth-order valence-electron chi connectivity index (χ4n) is 1.84. The van der Waals surface area contributed by atoms with E-state index in [4.69, 9.17) is 5.73 Å². The first-order valence-electron chi connectivity index (χ1n) is 5.90. The minimum Gasteiger partial charge on any atom is -0.324 e. The van der Waals surface area contributed by atoms with Crippen molar-refractivity contribution < 1.29 is 0 Å². The lowest BCUT2D eigenvalue weighted by Crippen LogP contribution is -2.13. The van der Waals surface area contributed by atoms with Gasteiger partial charge in [0, 0.05) is 12.1 Å². The first-order valence-corrected chi connectivity index (χ1v) is 5.90. The van der Waals surface area contributed by atoms with Gasteiger partial charge in [-0.2, -0.15) is 0 Å². The minimum absolute atomic E-state index is 0.423. The van der Waals surface area contributed by atoms with Crippen LogP contribution < -0.4 is 5.73 Å². The van der Waals surface area contributed by atoms with Crippen LogP contribution in [-0.2, 0) is 13.1 Å². The van der Waals surface area contributed by atoms with E-state index < -0.39 is 0 Å². The van der Waals surface area contributed by atoms with Gasteiger partial charge in [0.1, 0.15) is 5.82 Å². The topological polar surface area (TPSA) is 56.7 Å². The average molecular weight is 230 g/mol. The Morgan fingerprint density at radius 2 is 1.88 bits per heavy atom. The van der Waals surface area contributed by atoms with Crippen molar-refractivity contribution in [2.45, 2.75) is 26.9 Å². The molecule has 0 aliphatic carbocycles. The lowest BCUT2D eigenvalue weighted by Gasteiger charge is -2.11. The zero-order valence-electron chi connectivity index (χ0n) is 10.3. The summed E-state index contributed by atoms with van der Waals surface area (Å²) >= 11 is 0. The molecule has 0 aliphatic rings. The highest BCUT2D eigenvalue weighted by Gasteiger charge is 2.13. The maximum atomic E-state index is 5.69. The summed E-state index contributed by atoms with van der Waals surface area (Å²) < 4.78 is 2.11. The monoisotopic (exact) mass is 230 g/mol. The van der Waals surface area contributed by atoms with E-state index in [-0.39, 0.29) is 0 Å². The molecule has 0 saturated carbocycles. The highest BCUT2D eigenvalue weighted by Crippen LogP contribution is 2.19. The molecule has 0 fully saturated rings. The Kier molecular flexibility index (Phi) is 3.54. The fourth-order valence-corrected chi connectivity index (χ4v) is 1.84. The van der Waals surface area contributed by atoms with Gasteiger partial charge in [-0.05, 0) is 5.92 Å². The van der Waals surface area contributed by atoms with Crippen LogP contribution in [0.25, 0.3) is 11.4 Å². The molecular formula is C13H18N4. The molecule has 0 unspecified atom stereocenters. The lowest BCUT2D eigenvalue weighted by atomic mass is 10.2. The van der Waals surface area contributed by atoms with Crippen LogP contribution in [0, 0.1) is 5.92 Å². The van der Waals surface area contributed by atoms with Crippen LogP contribution in [0.5, 0.6) is 0 Å². The van der Waals surface area contributed by atoms with E-state index in [1.807, 2.05) is 30.3 Å². The van der Waals surface area contributed by atoms with Crippen molar-refractivity contribution >= 4 is 0 Å². The summed E-state index contributed by atoms with van der Waals surface area (Å²) in [6, 6.07) is 10.1. The smallest absolute Gasteiger partial charge is 0.164 e. The zero-order chi connectivity index (χ0) is 12.3. The number of benzene rings is 1. The Morgan fingerprint density at radius 1 is 1.18 bits per heavy atom. The third-order valence-corrected chi connectivity index (χ3v) is 2.59. The average Bonchev–Trinajstić information content (AvgIpc) is 2.72. The highest BCUT2D eigenvalue weighted by atomic mass is 15.3. The summed E-state index contributed by atoms with van der Waals surface area (Å²) in [5, 5.41) is 8.40. The summed E-state index contributed by atoms with van der Waals surface area (Å²) in [6.07, 6.45) is 0. The molecule has 2 aromatic rings. The number of hydrogen-bond acceptors (Lipinski definition) is 3.